The zero-order valence-corrected chi connectivity index (χ0v) is 11.3. The van der Waals surface area contributed by atoms with Gasteiger partial charge in [-0.3, -0.25) is 4.79 Å². The molecule has 0 bridgehead atoms. The molecule has 0 aliphatic heterocycles. The van der Waals surface area contributed by atoms with Crippen molar-refractivity contribution in [3.63, 3.8) is 0 Å². The maximum Gasteiger partial charge on any atom is 0.276 e. The van der Waals surface area contributed by atoms with E-state index < -0.39 is 0 Å². The molecule has 5 heteroatoms. The maximum atomic E-state index is 12.5. The van der Waals surface area contributed by atoms with Gasteiger partial charge in [0.1, 0.15) is 5.69 Å². The first kappa shape index (κ1) is 12.3. The topological polar surface area (TPSA) is 50.5 Å². The summed E-state index contributed by atoms with van der Waals surface area (Å²) in [4.78, 5) is 18.4. The molecule has 1 amide bonds. The van der Waals surface area contributed by atoms with E-state index in [1.165, 1.54) is 0 Å². The van der Waals surface area contributed by atoms with Gasteiger partial charge in [-0.05, 0) is 25.1 Å². The summed E-state index contributed by atoms with van der Waals surface area (Å²) in [6.07, 6.45) is 1.67. The summed E-state index contributed by atoms with van der Waals surface area (Å²) in [5, 5.41) is 4.15. The molecule has 100 valence electrons. The Kier molecular flexibility index (Phi) is 2.95. The summed E-state index contributed by atoms with van der Waals surface area (Å²) in [5.41, 5.74) is 2.81. The smallest absolute Gasteiger partial charge is 0.276 e. The molecule has 5 nitrogen and oxygen atoms in total. The number of aromatic nitrogens is 3. The van der Waals surface area contributed by atoms with Gasteiger partial charge in [0.05, 0.1) is 6.20 Å². The van der Waals surface area contributed by atoms with Gasteiger partial charge in [0.15, 0.2) is 5.65 Å². The van der Waals surface area contributed by atoms with Gasteiger partial charge < -0.3 is 4.90 Å². The molecular weight excluding hydrogens is 252 g/mol. The van der Waals surface area contributed by atoms with Crippen molar-refractivity contribution in [2.45, 2.75) is 6.92 Å². The minimum absolute atomic E-state index is 0.136. The monoisotopic (exact) mass is 266 g/mol. The molecule has 0 aliphatic rings. The van der Waals surface area contributed by atoms with Crippen LogP contribution < -0.4 is 4.90 Å². The first-order valence-corrected chi connectivity index (χ1v) is 6.31. The number of para-hydroxylation sites is 1. The van der Waals surface area contributed by atoms with Gasteiger partial charge in [-0.1, -0.05) is 18.2 Å². The van der Waals surface area contributed by atoms with Crippen molar-refractivity contribution in [2.75, 3.05) is 11.9 Å². The molecule has 20 heavy (non-hydrogen) atoms. The van der Waals surface area contributed by atoms with Crippen molar-refractivity contribution in [3.8, 4) is 0 Å². The SMILES string of the molecule is Cc1cc(C(=O)N(C)c2ccccc2)nc2ccnn12. The first-order chi connectivity index (χ1) is 9.66. The van der Waals surface area contributed by atoms with E-state index in [1.54, 1.807) is 34.8 Å². The van der Waals surface area contributed by atoms with Crippen LogP contribution in [0, 0.1) is 6.92 Å². The lowest BCUT2D eigenvalue weighted by Crippen LogP contribution is -2.27. The number of carbonyl (C=O) groups is 1. The Morgan fingerprint density at radius 2 is 1.95 bits per heavy atom. The summed E-state index contributed by atoms with van der Waals surface area (Å²) in [7, 11) is 1.75. The second-order valence-corrected chi connectivity index (χ2v) is 4.58. The second-order valence-electron chi connectivity index (χ2n) is 4.58. The zero-order valence-electron chi connectivity index (χ0n) is 11.3. The molecule has 1 aromatic carbocycles. The van der Waals surface area contributed by atoms with Crippen LogP contribution in [-0.2, 0) is 0 Å². The highest BCUT2D eigenvalue weighted by Crippen LogP contribution is 2.15. The number of carbonyl (C=O) groups excluding carboxylic acids is 1. The van der Waals surface area contributed by atoms with Crippen molar-refractivity contribution in [1.82, 2.24) is 14.6 Å². The van der Waals surface area contributed by atoms with Crippen LogP contribution in [0.25, 0.3) is 5.65 Å². The van der Waals surface area contributed by atoms with Gasteiger partial charge in [0.25, 0.3) is 5.91 Å². The second kappa shape index (κ2) is 4.77. The third-order valence-electron chi connectivity index (χ3n) is 3.20. The zero-order chi connectivity index (χ0) is 14.1. The maximum absolute atomic E-state index is 12.5. The van der Waals surface area contributed by atoms with Gasteiger partial charge in [-0.25, -0.2) is 9.50 Å². The highest BCUT2D eigenvalue weighted by molar-refractivity contribution is 6.04. The van der Waals surface area contributed by atoms with Crippen molar-refractivity contribution in [2.24, 2.45) is 0 Å². The van der Waals surface area contributed by atoms with Crippen molar-refractivity contribution >= 4 is 17.2 Å². The lowest BCUT2D eigenvalue weighted by Gasteiger charge is -2.17. The number of benzene rings is 1. The Morgan fingerprint density at radius 1 is 1.20 bits per heavy atom. The standard InChI is InChI=1S/C15H14N4O/c1-11-10-13(17-14-8-9-16-19(11)14)15(20)18(2)12-6-4-3-5-7-12/h3-10H,1-2H3. The van der Waals surface area contributed by atoms with Crippen LogP contribution in [-0.4, -0.2) is 27.6 Å². The van der Waals surface area contributed by atoms with E-state index in [2.05, 4.69) is 10.1 Å². The number of nitrogens with zero attached hydrogens (tertiary/aromatic N) is 4. The average Bonchev–Trinajstić information content (AvgIpc) is 2.95. The number of hydrogen-bond acceptors (Lipinski definition) is 3. The highest BCUT2D eigenvalue weighted by atomic mass is 16.2. The first-order valence-electron chi connectivity index (χ1n) is 6.31. The summed E-state index contributed by atoms with van der Waals surface area (Å²) < 4.78 is 1.71. The van der Waals surface area contributed by atoms with Crippen molar-refractivity contribution in [3.05, 3.63) is 60.0 Å². The van der Waals surface area contributed by atoms with Crippen LogP contribution in [0.5, 0.6) is 0 Å². The lowest BCUT2D eigenvalue weighted by molar-refractivity contribution is 0.0988. The Hall–Kier alpha value is -2.69. The Morgan fingerprint density at radius 3 is 2.70 bits per heavy atom. The van der Waals surface area contributed by atoms with E-state index >= 15 is 0 Å². The quantitative estimate of drug-likeness (QED) is 0.715. The van der Waals surface area contributed by atoms with Crippen LogP contribution in [0.15, 0.2) is 48.7 Å². The average molecular weight is 266 g/mol. The van der Waals surface area contributed by atoms with Crippen molar-refractivity contribution in [1.29, 1.82) is 0 Å². The number of hydrogen-bond donors (Lipinski definition) is 0. The minimum Gasteiger partial charge on any atom is -0.310 e. The normalized spacial score (nSPS) is 10.7. The van der Waals surface area contributed by atoms with Crippen LogP contribution in [0.2, 0.25) is 0 Å². The number of fused-ring (bicyclic) bond motifs is 1. The fourth-order valence-corrected chi connectivity index (χ4v) is 2.12. The minimum atomic E-state index is -0.136. The molecule has 0 saturated heterocycles. The van der Waals surface area contributed by atoms with Gasteiger partial charge in [0, 0.05) is 24.5 Å². The third-order valence-corrected chi connectivity index (χ3v) is 3.20. The van der Waals surface area contributed by atoms with Crippen LogP contribution in [0.1, 0.15) is 16.2 Å². The molecule has 0 fully saturated rings. The van der Waals surface area contributed by atoms with Crippen LogP contribution >= 0.6 is 0 Å². The number of aryl methyl sites for hydroxylation is 1. The highest BCUT2D eigenvalue weighted by Gasteiger charge is 2.16. The van der Waals surface area contributed by atoms with Gasteiger partial charge in [0.2, 0.25) is 0 Å². The molecule has 0 spiro atoms. The van der Waals surface area contributed by atoms with Gasteiger partial charge in [-0.15, -0.1) is 0 Å². The van der Waals surface area contributed by atoms with Crippen LogP contribution in [0.4, 0.5) is 5.69 Å². The lowest BCUT2D eigenvalue weighted by atomic mass is 10.2. The fourth-order valence-electron chi connectivity index (χ4n) is 2.12. The predicted octanol–water partition coefficient (Wildman–Crippen LogP) is 2.31. The van der Waals surface area contributed by atoms with Crippen LogP contribution in [0.3, 0.4) is 0 Å². The largest absolute Gasteiger partial charge is 0.310 e. The van der Waals surface area contributed by atoms with Gasteiger partial charge in [-0.2, -0.15) is 5.10 Å². The number of rotatable bonds is 2. The molecule has 0 atom stereocenters. The fraction of sp³-hybridized carbons (Fsp3) is 0.133. The number of anilines is 1. The predicted molar refractivity (Wildman–Crippen MR) is 76.9 cm³/mol. The molecule has 0 radical (unpaired) electrons. The van der Waals surface area contributed by atoms with E-state index in [-0.39, 0.29) is 5.91 Å². The summed E-state index contributed by atoms with van der Waals surface area (Å²) in [5.74, 6) is -0.136. The van der Waals surface area contributed by atoms with Crippen molar-refractivity contribution < 1.29 is 4.79 Å². The number of amides is 1. The summed E-state index contributed by atoms with van der Waals surface area (Å²) in [6.45, 7) is 1.90. The molecule has 2 heterocycles. The molecule has 3 rings (SSSR count). The van der Waals surface area contributed by atoms with Gasteiger partial charge >= 0.3 is 0 Å². The van der Waals surface area contributed by atoms with E-state index in [9.17, 15) is 4.79 Å². The molecule has 0 saturated carbocycles. The summed E-state index contributed by atoms with van der Waals surface area (Å²) >= 11 is 0. The van der Waals surface area contributed by atoms with E-state index in [0.29, 0.717) is 11.3 Å². The molecular formula is C15H14N4O. The molecule has 3 aromatic rings. The van der Waals surface area contributed by atoms with E-state index in [1.807, 2.05) is 37.3 Å². The van der Waals surface area contributed by atoms with E-state index in [0.717, 1.165) is 11.4 Å². The molecule has 0 N–H and O–H groups in total. The Labute approximate surface area is 116 Å². The molecule has 0 unspecified atom stereocenters. The molecule has 0 aliphatic carbocycles. The third kappa shape index (κ3) is 2.03. The summed E-state index contributed by atoms with van der Waals surface area (Å²) in [6, 6.07) is 13.0. The van der Waals surface area contributed by atoms with E-state index in [4.69, 9.17) is 0 Å². The Balaban J connectivity index is 2.00. The Bertz CT molecular complexity index is 764. The molecule has 2 aromatic heterocycles.